The Kier molecular flexibility index (Phi) is 6.15. The van der Waals surface area contributed by atoms with E-state index in [0.717, 1.165) is 13.1 Å². The number of hydrogen-bond donors (Lipinski definition) is 3. The lowest BCUT2D eigenvalue weighted by molar-refractivity contribution is -0.0369. The molecule has 26 heavy (non-hydrogen) atoms. The molecule has 7 heteroatoms. The molecule has 4 saturated heterocycles. The van der Waals surface area contributed by atoms with Gasteiger partial charge in [0.25, 0.3) is 0 Å². The maximum Gasteiger partial charge on any atom is 0.146 e. The molecule has 4 aliphatic rings. The third kappa shape index (κ3) is 4.24. The van der Waals surface area contributed by atoms with Crippen LogP contribution in [0.5, 0.6) is 0 Å². The van der Waals surface area contributed by atoms with Crippen LogP contribution in [0, 0.1) is 5.92 Å². The van der Waals surface area contributed by atoms with Crippen LogP contribution in [0.1, 0.15) is 45.4 Å². The fraction of sp³-hybridized carbons (Fsp3) is 1.00. The van der Waals surface area contributed by atoms with Crippen molar-refractivity contribution in [3.63, 3.8) is 0 Å². The Hall–Kier alpha value is -0.280. The lowest BCUT2D eigenvalue weighted by atomic mass is 9.94. The second-order valence-electron chi connectivity index (χ2n) is 8.88. The Bertz CT molecular complexity index is 457. The highest BCUT2D eigenvalue weighted by Gasteiger charge is 2.41. The van der Waals surface area contributed by atoms with Crippen molar-refractivity contribution >= 4 is 0 Å². The van der Waals surface area contributed by atoms with E-state index in [2.05, 4.69) is 46.9 Å². The number of ether oxygens (including phenoxy) is 1. The van der Waals surface area contributed by atoms with Crippen LogP contribution in [0.15, 0.2) is 0 Å². The first kappa shape index (κ1) is 19.1. The summed E-state index contributed by atoms with van der Waals surface area (Å²) in [6.07, 6.45) is 8.96. The van der Waals surface area contributed by atoms with Crippen LogP contribution in [-0.4, -0.2) is 80.3 Å². The molecule has 7 unspecified atom stereocenters. The summed E-state index contributed by atoms with van der Waals surface area (Å²) in [5.41, 5.74) is 3.30. The van der Waals surface area contributed by atoms with Gasteiger partial charge in [-0.2, -0.15) is 5.48 Å². The number of nitrogens with one attached hydrogen (secondary N) is 3. The zero-order chi connectivity index (χ0) is 18.1. The molecule has 4 fully saturated rings. The van der Waals surface area contributed by atoms with Gasteiger partial charge in [0.1, 0.15) is 6.23 Å². The van der Waals surface area contributed by atoms with E-state index in [1.165, 1.54) is 45.1 Å². The zero-order valence-electron chi connectivity index (χ0n) is 16.6. The quantitative estimate of drug-likeness (QED) is 0.661. The van der Waals surface area contributed by atoms with Gasteiger partial charge in [0, 0.05) is 19.0 Å². The van der Waals surface area contributed by atoms with Gasteiger partial charge >= 0.3 is 0 Å². The second-order valence-corrected chi connectivity index (χ2v) is 8.88. The van der Waals surface area contributed by atoms with Crippen LogP contribution in [0.2, 0.25) is 0 Å². The highest BCUT2D eigenvalue weighted by Crippen LogP contribution is 2.28. The lowest BCUT2D eigenvalue weighted by Gasteiger charge is -2.36. The SMILES string of the molecule is CC1CCC(CN2CCCC2C2NC(C3CCC(N(C)C)NC3)NO2)O1. The van der Waals surface area contributed by atoms with E-state index in [4.69, 9.17) is 9.57 Å². The molecule has 4 rings (SSSR count). The monoisotopic (exact) mass is 367 g/mol. The minimum atomic E-state index is 0.0906. The second kappa shape index (κ2) is 8.39. The van der Waals surface area contributed by atoms with Crippen molar-refractivity contribution in [2.75, 3.05) is 33.7 Å². The Morgan fingerprint density at radius 2 is 2.00 bits per heavy atom. The van der Waals surface area contributed by atoms with Crippen molar-refractivity contribution in [1.82, 2.24) is 25.9 Å². The predicted molar refractivity (Wildman–Crippen MR) is 101 cm³/mol. The molecule has 4 heterocycles. The number of hydrogen-bond acceptors (Lipinski definition) is 7. The summed E-state index contributed by atoms with van der Waals surface area (Å²) in [6, 6.07) is 0.457. The van der Waals surface area contributed by atoms with Crippen LogP contribution in [-0.2, 0) is 9.57 Å². The van der Waals surface area contributed by atoms with E-state index in [1.54, 1.807) is 0 Å². The van der Waals surface area contributed by atoms with Crippen molar-refractivity contribution in [3.8, 4) is 0 Å². The van der Waals surface area contributed by atoms with Crippen molar-refractivity contribution in [2.24, 2.45) is 5.92 Å². The molecule has 0 aromatic heterocycles. The van der Waals surface area contributed by atoms with E-state index in [0.29, 0.717) is 30.3 Å². The van der Waals surface area contributed by atoms with Crippen molar-refractivity contribution in [1.29, 1.82) is 0 Å². The lowest BCUT2D eigenvalue weighted by Crippen LogP contribution is -2.54. The van der Waals surface area contributed by atoms with E-state index >= 15 is 0 Å². The molecule has 0 saturated carbocycles. The van der Waals surface area contributed by atoms with Gasteiger partial charge in [0.2, 0.25) is 0 Å². The van der Waals surface area contributed by atoms with E-state index in [9.17, 15) is 0 Å². The first-order valence-corrected chi connectivity index (χ1v) is 10.6. The largest absolute Gasteiger partial charge is 0.374 e. The van der Waals surface area contributed by atoms with Gasteiger partial charge in [-0.25, -0.2) is 0 Å². The number of likely N-dealkylation sites (tertiary alicyclic amines) is 1. The van der Waals surface area contributed by atoms with Crippen LogP contribution in [0.3, 0.4) is 0 Å². The molecule has 0 aromatic carbocycles. The molecule has 7 atom stereocenters. The van der Waals surface area contributed by atoms with Crippen molar-refractivity contribution in [3.05, 3.63) is 0 Å². The average molecular weight is 368 g/mol. The van der Waals surface area contributed by atoms with Gasteiger partial charge < -0.3 is 10.1 Å². The van der Waals surface area contributed by atoms with E-state index in [-0.39, 0.29) is 12.4 Å². The number of rotatable bonds is 5. The van der Waals surface area contributed by atoms with Gasteiger partial charge in [0.05, 0.1) is 30.6 Å². The van der Waals surface area contributed by atoms with Gasteiger partial charge in [-0.1, -0.05) is 0 Å². The smallest absolute Gasteiger partial charge is 0.146 e. The predicted octanol–water partition coefficient (Wildman–Crippen LogP) is 0.682. The molecule has 0 aromatic rings. The zero-order valence-corrected chi connectivity index (χ0v) is 16.6. The third-order valence-electron chi connectivity index (χ3n) is 6.71. The number of hydroxylamine groups is 1. The van der Waals surface area contributed by atoms with Crippen LogP contribution < -0.4 is 16.1 Å². The normalized spacial score (nSPS) is 45.0. The summed E-state index contributed by atoms with van der Waals surface area (Å²) in [5.74, 6) is 0.574. The summed E-state index contributed by atoms with van der Waals surface area (Å²) in [7, 11) is 4.29. The third-order valence-corrected chi connectivity index (χ3v) is 6.71. The highest BCUT2D eigenvalue weighted by atomic mass is 16.7. The first-order chi connectivity index (χ1) is 12.6. The molecule has 0 amide bonds. The molecular formula is C19H37N5O2. The molecule has 0 bridgehead atoms. The molecule has 150 valence electrons. The summed E-state index contributed by atoms with van der Waals surface area (Å²) in [5, 5.41) is 7.40. The Labute approximate surface area is 158 Å². The van der Waals surface area contributed by atoms with Crippen molar-refractivity contribution < 1.29 is 9.57 Å². The maximum atomic E-state index is 6.05. The molecule has 7 nitrogen and oxygen atoms in total. The van der Waals surface area contributed by atoms with Gasteiger partial charge in [-0.3, -0.25) is 20.0 Å². The topological polar surface area (TPSA) is 61.0 Å². The molecule has 3 N–H and O–H groups in total. The molecule has 0 aliphatic carbocycles. The van der Waals surface area contributed by atoms with Gasteiger partial charge in [-0.05, 0) is 66.1 Å². The molecule has 0 spiro atoms. The molecular weight excluding hydrogens is 330 g/mol. The van der Waals surface area contributed by atoms with Gasteiger partial charge in [-0.15, -0.1) is 0 Å². The molecule has 0 radical (unpaired) electrons. The standard InChI is InChI=1S/C19H37N5O2/c1-13-6-8-15(25-13)12-24-10-4-5-16(24)19-21-18(22-26-19)14-7-9-17(20-11-14)23(2)3/h13-22H,4-12H2,1-3H3. The summed E-state index contributed by atoms with van der Waals surface area (Å²) < 4.78 is 6.05. The van der Waals surface area contributed by atoms with Crippen LogP contribution in [0.4, 0.5) is 0 Å². The number of piperidine rings is 1. The van der Waals surface area contributed by atoms with E-state index in [1.807, 2.05) is 0 Å². The van der Waals surface area contributed by atoms with Crippen LogP contribution in [0.25, 0.3) is 0 Å². The highest BCUT2D eigenvalue weighted by molar-refractivity contribution is 4.92. The first-order valence-electron chi connectivity index (χ1n) is 10.6. The fourth-order valence-electron chi connectivity index (χ4n) is 5.10. The Morgan fingerprint density at radius 1 is 1.12 bits per heavy atom. The van der Waals surface area contributed by atoms with Gasteiger partial charge in [0.15, 0.2) is 0 Å². The summed E-state index contributed by atoms with van der Waals surface area (Å²) in [4.78, 5) is 10.9. The van der Waals surface area contributed by atoms with Crippen LogP contribution >= 0.6 is 0 Å². The fourth-order valence-corrected chi connectivity index (χ4v) is 5.10. The summed E-state index contributed by atoms with van der Waals surface area (Å²) in [6.45, 7) is 5.44. The minimum Gasteiger partial charge on any atom is -0.374 e. The van der Waals surface area contributed by atoms with E-state index < -0.39 is 0 Å². The average Bonchev–Trinajstić information content (AvgIpc) is 3.36. The maximum absolute atomic E-state index is 6.05. The number of nitrogens with zero attached hydrogens (tertiary/aromatic N) is 2. The van der Waals surface area contributed by atoms with Crippen molar-refractivity contribution in [2.45, 2.75) is 82.3 Å². The minimum absolute atomic E-state index is 0.0906. The Morgan fingerprint density at radius 3 is 2.69 bits per heavy atom. The molecule has 4 aliphatic heterocycles. The summed E-state index contributed by atoms with van der Waals surface area (Å²) >= 11 is 0. The Balaban J connectivity index is 1.26.